The first kappa shape index (κ1) is 20.1. The number of rotatable bonds is 6. The summed E-state index contributed by atoms with van der Waals surface area (Å²) in [6.07, 6.45) is 1.32. The number of para-hydroxylation sites is 2. The molecule has 1 aliphatic rings. The van der Waals surface area contributed by atoms with Gasteiger partial charge in [-0.25, -0.2) is 0 Å². The van der Waals surface area contributed by atoms with Crippen LogP contribution in [0.1, 0.15) is 11.8 Å². The predicted molar refractivity (Wildman–Crippen MR) is 126 cm³/mol. The molecule has 0 amide bonds. The Morgan fingerprint density at radius 3 is 2.66 bits per heavy atom. The summed E-state index contributed by atoms with van der Waals surface area (Å²) in [7, 11) is 0. The van der Waals surface area contributed by atoms with Crippen LogP contribution in [0.2, 0.25) is 0 Å². The molecular weight excluding hydrogens is 420 g/mol. The Balaban J connectivity index is 1.51. The molecule has 5 rings (SSSR count). The number of fused-ring (bicyclic) bond motifs is 3. The lowest BCUT2D eigenvalue weighted by molar-refractivity contribution is 0.225. The number of ether oxygens (including phenoxy) is 2. The molecule has 0 saturated carbocycles. The number of benzene rings is 3. The standard InChI is InChI=1S/C25H20N4O2S/c1-2-15-32-25-27-24-22(28-29-25)20-13-6-7-14-21(20)26-23(31-24)17-9-8-12-19(16-17)30-18-10-4-3-5-11-18/h2-14,16,23,26H,1,15H2/t23-/m1/s1. The van der Waals surface area contributed by atoms with Gasteiger partial charge in [-0.15, -0.1) is 16.8 Å². The van der Waals surface area contributed by atoms with Crippen LogP contribution >= 0.6 is 11.8 Å². The van der Waals surface area contributed by atoms with Crippen LogP contribution in [0.3, 0.4) is 0 Å². The second-order valence-corrected chi connectivity index (χ2v) is 8.01. The Morgan fingerprint density at radius 2 is 1.78 bits per heavy atom. The van der Waals surface area contributed by atoms with Gasteiger partial charge in [0.2, 0.25) is 11.0 Å². The number of thioether (sulfide) groups is 1. The minimum absolute atomic E-state index is 0.434. The summed E-state index contributed by atoms with van der Waals surface area (Å²) in [5.74, 6) is 2.62. The lowest BCUT2D eigenvalue weighted by Crippen LogP contribution is -2.17. The first-order valence-electron chi connectivity index (χ1n) is 10.1. The van der Waals surface area contributed by atoms with Crippen molar-refractivity contribution in [3.8, 4) is 28.6 Å². The van der Waals surface area contributed by atoms with Gasteiger partial charge in [-0.2, -0.15) is 4.98 Å². The van der Waals surface area contributed by atoms with E-state index >= 15 is 0 Å². The SMILES string of the molecule is C=CCSc1nnc2c(n1)O[C@H](c1cccc(Oc3ccccc3)c1)Nc1ccccc1-2. The number of anilines is 1. The Morgan fingerprint density at radius 1 is 0.969 bits per heavy atom. The van der Waals surface area contributed by atoms with Crippen molar-refractivity contribution < 1.29 is 9.47 Å². The van der Waals surface area contributed by atoms with Gasteiger partial charge in [0.25, 0.3) is 0 Å². The van der Waals surface area contributed by atoms with Crippen molar-refractivity contribution in [3.63, 3.8) is 0 Å². The van der Waals surface area contributed by atoms with E-state index in [9.17, 15) is 0 Å². The molecule has 0 fully saturated rings. The van der Waals surface area contributed by atoms with Gasteiger partial charge in [0.05, 0.1) is 0 Å². The van der Waals surface area contributed by atoms with Gasteiger partial charge < -0.3 is 14.8 Å². The number of nitrogens with zero attached hydrogens (tertiary/aromatic N) is 3. The minimum atomic E-state index is -0.481. The summed E-state index contributed by atoms with van der Waals surface area (Å²) >= 11 is 1.46. The fraction of sp³-hybridized carbons (Fsp3) is 0.0800. The summed E-state index contributed by atoms with van der Waals surface area (Å²) in [5.41, 5.74) is 3.30. The molecule has 4 aromatic rings. The van der Waals surface area contributed by atoms with Gasteiger partial charge in [-0.1, -0.05) is 66.4 Å². The van der Waals surface area contributed by atoms with Crippen molar-refractivity contribution in [1.82, 2.24) is 15.2 Å². The molecule has 0 unspecified atom stereocenters. The average Bonchev–Trinajstić information content (AvgIpc) is 3.00. The van der Waals surface area contributed by atoms with Crippen LogP contribution in [-0.4, -0.2) is 20.9 Å². The van der Waals surface area contributed by atoms with Gasteiger partial charge in [-0.05, 0) is 30.3 Å². The molecule has 158 valence electrons. The van der Waals surface area contributed by atoms with Gasteiger partial charge >= 0.3 is 0 Å². The van der Waals surface area contributed by atoms with Crippen LogP contribution in [0, 0.1) is 0 Å². The van der Waals surface area contributed by atoms with Crippen LogP contribution in [0.4, 0.5) is 5.69 Å². The van der Waals surface area contributed by atoms with E-state index in [1.165, 1.54) is 11.8 Å². The molecule has 2 heterocycles. The molecular formula is C25H20N4O2S. The zero-order valence-corrected chi connectivity index (χ0v) is 18.0. The highest BCUT2D eigenvalue weighted by molar-refractivity contribution is 7.99. The normalized spacial score (nSPS) is 14.2. The van der Waals surface area contributed by atoms with Crippen LogP contribution in [0.25, 0.3) is 11.3 Å². The highest BCUT2D eigenvalue weighted by atomic mass is 32.2. The molecule has 1 N–H and O–H groups in total. The van der Waals surface area contributed by atoms with Crippen molar-refractivity contribution in [2.45, 2.75) is 11.4 Å². The van der Waals surface area contributed by atoms with Crippen molar-refractivity contribution >= 4 is 17.4 Å². The first-order chi connectivity index (χ1) is 15.8. The van der Waals surface area contributed by atoms with E-state index in [0.717, 1.165) is 28.3 Å². The van der Waals surface area contributed by atoms with E-state index in [0.29, 0.717) is 22.5 Å². The topological polar surface area (TPSA) is 69.2 Å². The van der Waals surface area contributed by atoms with Gasteiger partial charge in [0, 0.05) is 22.6 Å². The lowest BCUT2D eigenvalue weighted by atomic mass is 10.1. The molecule has 3 aromatic carbocycles. The van der Waals surface area contributed by atoms with E-state index in [1.807, 2.05) is 78.9 Å². The van der Waals surface area contributed by atoms with E-state index in [4.69, 9.17) is 9.47 Å². The van der Waals surface area contributed by atoms with Gasteiger partial charge in [-0.3, -0.25) is 0 Å². The molecule has 0 spiro atoms. The maximum atomic E-state index is 6.33. The fourth-order valence-electron chi connectivity index (χ4n) is 3.36. The van der Waals surface area contributed by atoms with Crippen LogP contribution < -0.4 is 14.8 Å². The summed E-state index contributed by atoms with van der Waals surface area (Å²) in [6.45, 7) is 3.75. The van der Waals surface area contributed by atoms with Gasteiger partial charge in [0.15, 0.2) is 11.9 Å². The Bertz CT molecular complexity index is 1250. The number of hydrogen-bond acceptors (Lipinski definition) is 7. The molecule has 0 aliphatic carbocycles. The lowest BCUT2D eigenvalue weighted by Gasteiger charge is -2.20. The third-order valence-corrected chi connectivity index (χ3v) is 5.64. The maximum Gasteiger partial charge on any atom is 0.247 e. The van der Waals surface area contributed by atoms with Crippen molar-refractivity contribution in [2.24, 2.45) is 0 Å². The minimum Gasteiger partial charge on any atom is -0.457 e. The summed E-state index contributed by atoms with van der Waals surface area (Å²) in [4.78, 5) is 4.62. The Hall–Kier alpha value is -3.84. The maximum absolute atomic E-state index is 6.33. The molecule has 0 radical (unpaired) electrons. The van der Waals surface area contributed by atoms with E-state index in [2.05, 4.69) is 27.1 Å². The third-order valence-electron chi connectivity index (χ3n) is 4.80. The molecule has 0 saturated heterocycles. The first-order valence-corrected chi connectivity index (χ1v) is 11.1. The van der Waals surface area contributed by atoms with Gasteiger partial charge in [0.1, 0.15) is 11.5 Å². The summed E-state index contributed by atoms with van der Waals surface area (Å²) in [6, 6.07) is 25.4. The average molecular weight is 441 g/mol. The zero-order chi connectivity index (χ0) is 21.8. The van der Waals surface area contributed by atoms with E-state index in [1.54, 1.807) is 6.08 Å². The van der Waals surface area contributed by atoms with E-state index < -0.39 is 6.23 Å². The largest absolute Gasteiger partial charge is 0.457 e. The number of aromatic nitrogens is 3. The quantitative estimate of drug-likeness (QED) is 0.286. The molecule has 0 bridgehead atoms. The molecule has 6 nitrogen and oxygen atoms in total. The summed E-state index contributed by atoms with van der Waals surface area (Å²) in [5, 5.41) is 12.7. The second-order valence-electron chi connectivity index (χ2n) is 7.02. The molecule has 7 heteroatoms. The van der Waals surface area contributed by atoms with Crippen LogP contribution in [0.5, 0.6) is 17.4 Å². The monoisotopic (exact) mass is 440 g/mol. The zero-order valence-electron chi connectivity index (χ0n) is 17.1. The molecule has 1 aromatic heterocycles. The number of hydrogen-bond donors (Lipinski definition) is 1. The van der Waals surface area contributed by atoms with Crippen molar-refractivity contribution in [3.05, 3.63) is 97.1 Å². The fourth-order valence-corrected chi connectivity index (χ4v) is 3.87. The second kappa shape index (κ2) is 9.11. The van der Waals surface area contributed by atoms with E-state index in [-0.39, 0.29) is 0 Å². The molecule has 32 heavy (non-hydrogen) atoms. The van der Waals surface area contributed by atoms with Crippen molar-refractivity contribution in [2.75, 3.05) is 11.1 Å². The highest BCUT2D eigenvalue weighted by Crippen LogP contribution is 2.40. The molecule has 1 aliphatic heterocycles. The highest BCUT2D eigenvalue weighted by Gasteiger charge is 2.26. The Kier molecular flexibility index (Phi) is 5.72. The number of nitrogens with one attached hydrogen (secondary N) is 1. The summed E-state index contributed by atoms with van der Waals surface area (Å²) < 4.78 is 12.3. The third kappa shape index (κ3) is 4.29. The smallest absolute Gasteiger partial charge is 0.247 e. The van der Waals surface area contributed by atoms with Crippen LogP contribution in [-0.2, 0) is 0 Å². The molecule has 1 atom stereocenters. The van der Waals surface area contributed by atoms with Crippen LogP contribution in [0.15, 0.2) is 96.7 Å². The Labute approximate surface area is 190 Å². The van der Waals surface area contributed by atoms with Crippen molar-refractivity contribution in [1.29, 1.82) is 0 Å². The predicted octanol–water partition coefficient (Wildman–Crippen LogP) is 6.11.